The SMILES string of the molecule is CO[C@H]1O[C@H](COC(=O)c2ccccc2)[C@@H](OC(=O)c2ccccc2)[C@H](O[C@@H]2O[C@@H](C)[C@@H](OCc3ccccc3)[C@@H](OCc3ccccc3)[C@@H]2OCc2ccccc2)[C@H]1O. The van der Waals surface area contributed by atoms with Crippen molar-refractivity contribution in [3.63, 3.8) is 0 Å². The monoisotopic (exact) mass is 818 g/mol. The van der Waals surface area contributed by atoms with Gasteiger partial charge in [0.1, 0.15) is 43.2 Å². The van der Waals surface area contributed by atoms with Crippen LogP contribution in [0, 0.1) is 0 Å². The summed E-state index contributed by atoms with van der Waals surface area (Å²) < 4.78 is 57.1. The van der Waals surface area contributed by atoms with Gasteiger partial charge >= 0.3 is 11.9 Å². The van der Waals surface area contributed by atoms with E-state index in [0.29, 0.717) is 5.56 Å². The Morgan fingerprint density at radius 2 is 0.983 bits per heavy atom. The summed E-state index contributed by atoms with van der Waals surface area (Å²) in [7, 11) is 1.36. The van der Waals surface area contributed by atoms with Crippen LogP contribution in [0.5, 0.6) is 0 Å². The van der Waals surface area contributed by atoms with Gasteiger partial charge in [0.2, 0.25) is 0 Å². The molecular formula is C48H50O12. The molecule has 2 saturated heterocycles. The van der Waals surface area contributed by atoms with Crippen LogP contribution in [0.3, 0.4) is 0 Å². The second kappa shape index (κ2) is 21.3. The Morgan fingerprint density at radius 3 is 1.48 bits per heavy atom. The van der Waals surface area contributed by atoms with Crippen molar-refractivity contribution in [2.24, 2.45) is 0 Å². The molecular weight excluding hydrogens is 769 g/mol. The van der Waals surface area contributed by atoms with Crippen LogP contribution in [0.4, 0.5) is 0 Å². The highest BCUT2D eigenvalue weighted by atomic mass is 16.8. The van der Waals surface area contributed by atoms with Crippen molar-refractivity contribution in [3.8, 4) is 0 Å². The summed E-state index contributed by atoms with van der Waals surface area (Å²) in [5.41, 5.74) is 3.35. The molecule has 10 atom stereocenters. The van der Waals surface area contributed by atoms with E-state index < -0.39 is 73.4 Å². The van der Waals surface area contributed by atoms with Crippen LogP contribution in [-0.4, -0.2) is 92.2 Å². The molecule has 2 fully saturated rings. The lowest BCUT2D eigenvalue weighted by atomic mass is 9.96. The summed E-state index contributed by atoms with van der Waals surface area (Å²) >= 11 is 0. The number of ether oxygens (including phenoxy) is 9. The number of benzene rings is 5. The smallest absolute Gasteiger partial charge is 0.338 e. The molecule has 2 aliphatic heterocycles. The quantitative estimate of drug-likeness (QED) is 0.100. The van der Waals surface area contributed by atoms with Crippen molar-refractivity contribution in [3.05, 3.63) is 179 Å². The maximum absolute atomic E-state index is 13.7. The Kier molecular flexibility index (Phi) is 15.2. The highest BCUT2D eigenvalue weighted by Gasteiger charge is 2.54. The molecule has 0 aromatic heterocycles. The second-order valence-electron chi connectivity index (χ2n) is 14.6. The molecule has 0 aliphatic carbocycles. The average Bonchev–Trinajstić information content (AvgIpc) is 3.30. The molecule has 0 amide bonds. The third-order valence-electron chi connectivity index (χ3n) is 10.4. The van der Waals surface area contributed by atoms with Crippen LogP contribution in [0.15, 0.2) is 152 Å². The van der Waals surface area contributed by atoms with E-state index in [0.717, 1.165) is 16.7 Å². The predicted molar refractivity (Wildman–Crippen MR) is 218 cm³/mol. The molecule has 0 bridgehead atoms. The molecule has 12 heteroatoms. The number of aliphatic hydroxyl groups excluding tert-OH is 1. The fraction of sp³-hybridized carbons (Fsp3) is 0.333. The van der Waals surface area contributed by atoms with Crippen molar-refractivity contribution in [1.29, 1.82) is 0 Å². The van der Waals surface area contributed by atoms with Gasteiger partial charge in [0.15, 0.2) is 18.7 Å². The molecule has 5 aromatic carbocycles. The van der Waals surface area contributed by atoms with Gasteiger partial charge in [-0.2, -0.15) is 0 Å². The van der Waals surface area contributed by atoms with Gasteiger partial charge in [-0.05, 0) is 47.9 Å². The third-order valence-corrected chi connectivity index (χ3v) is 10.4. The summed E-state index contributed by atoms with van der Waals surface area (Å²) in [6.45, 7) is 2.13. The highest BCUT2D eigenvalue weighted by molar-refractivity contribution is 5.90. The molecule has 2 heterocycles. The van der Waals surface area contributed by atoms with Crippen molar-refractivity contribution >= 4 is 11.9 Å². The molecule has 314 valence electrons. The number of methoxy groups -OCH3 is 1. The predicted octanol–water partition coefficient (Wildman–Crippen LogP) is 6.69. The highest BCUT2D eigenvalue weighted by Crippen LogP contribution is 2.35. The zero-order chi connectivity index (χ0) is 41.7. The van der Waals surface area contributed by atoms with Crippen LogP contribution in [-0.2, 0) is 62.5 Å². The minimum absolute atomic E-state index is 0.154. The summed E-state index contributed by atoms with van der Waals surface area (Å²) in [5.74, 6) is -1.34. The normalized spacial score (nSPS) is 26.5. The lowest BCUT2D eigenvalue weighted by Crippen LogP contribution is -2.65. The van der Waals surface area contributed by atoms with E-state index in [1.807, 2.05) is 97.9 Å². The standard InChI is InChI=1S/C48H50O12/c1-32-40(53-28-33-18-8-3-9-19-33)43(54-29-34-20-10-4-11-21-34)44(55-30-35-22-12-5-13-23-35)48(57-32)60-42-39(49)47(52-2)58-38(31-56-45(50)36-24-14-6-15-25-36)41(42)59-46(51)37-26-16-7-17-27-37/h3-27,32,38-44,47-49H,28-31H2,1-2H3/t32-,38+,39+,40+,41+,42+,43+,44-,47-,48-/m0/s1. The Morgan fingerprint density at radius 1 is 0.533 bits per heavy atom. The number of carbonyl (C=O) groups excluding carboxylic acids is 2. The molecule has 60 heavy (non-hydrogen) atoms. The zero-order valence-electron chi connectivity index (χ0n) is 33.5. The molecule has 1 N–H and O–H groups in total. The first-order valence-electron chi connectivity index (χ1n) is 20.0. The molecule has 5 aromatic rings. The maximum Gasteiger partial charge on any atom is 0.338 e. The fourth-order valence-electron chi connectivity index (χ4n) is 7.24. The van der Waals surface area contributed by atoms with E-state index in [4.69, 9.17) is 42.6 Å². The number of aliphatic hydroxyl groups is 1. The van der Waals surface area contributed by atoms with Crippen LogP contribution in [0.2, 0.25) is 0 Å². The van der Waals surface area contributed by atoms with Crippen LogP contribution in [0.1, 0.15) is 44.3 Å². The van der Waals surface area contributed by atoms with Gasteiger partial charge in [-0.1, -0.05) is 127 Å². The van der Waals surface area contributed by atoms with Crippen molar-refractivity contribution in [1.82, 2.24) is 0 Å². The van der Waals surface area contributed by atoms with Crippen molar-refractivity contribution < 1.29 is 57.3 Å². The van der Waals surface area contributed by atoms with Crippen molar-refractivity contribution in [2.45, 2.75) is 88.2 Å². The molecule has 7 rings (SSSR count). The first-order valence-corrected chi connectivity index (χ1v) is 20.0. The molecule has 12 nitrogen and oxygen atoms in total. The minimum atomic E-state index is -1.52. The minimum Gasteiger partial charge on any atom is -0.459 e. The number of esters is 2. The Balaban J connectivity index is 1.22. The van der Waals surface area contributed by atoms with E-state index >= 15 is 0 Å². The van der Waals surface area contributed by atoms with Gasteiger partial charge in [-0.15, -0.1) is 0 Å². The van der Waals surface area contributed by atoms with Crippen molar-refractivity contribution in [2.75, 3.05) is 13.7 Å². The lowest BCUT2D eigenvalue weighted by Gasteiger charge is -2.48. The molecule has 2 aliphatic rings. The Hall–Kier alpha value is -5.28. The number of hydrogen-bond acceptors (Lipinski definition) is 12. The first kappa shape index (κ1) is 42.8. The second-order valence-corrected chi connectivity index (χ2v) is 14.6. The van der Waals surface area contributed by atoms with E-state index in [1.165, 1.54) is 7.11 Å². The van der Waals surface area contributed by atoms with E-state index in [1.54, 1.807) is 60.7 Å². The lowest BCUT2D eigenvalue weighted by molar-refractivity contribution is -0.364. The summed E-state index contributed by atoms with van der Waals surface area (Å²) in [6, 6.07) is 46.0. The van der Waals surface area contributed by atoms with Gasteiger partial charge in [0, 0.05) is 7.11 Å². The van der Waals surface area contributed by atoms with E-state index in [9.17, 15) is 14.7 Å². The maximum atomic E-state index is 13.7. The van der Waals surface area contributed by atoms with E-state index in [2.05, 4.69) is 0 Å². The summed E-state index contributed by atoms with van der Waals surface area (Å²) in [6.07, 6.45) is -10.9. The zero-order valence-corrected chi connectivity index (χ0v) is 33.5. The number of rotatable bonds is 17. The summed E-state index contributed by atoms with van der Waals surface area (Å²) in [5, 5.41) is 11.9. The van der Waals surface area contributed by atoms with Gasteiger partial charge in [0.05, 0.1) is 37.1 Å². The molecule has 0 radical (unpaired) electrons. The molecule has 0 saturated carbocycles. The average molecular weight is 819 g/mol. The van der Waals surface area contributed by atoms with Gasteiger partial charge < -0.3 is 47.7 Å². The number of hydrogen-bond donors (Lipinski definition) is 1. The third kappa shape index (κ3) is 11.1. The van der Waals surface area contributed by atoms with Crippen LogP contribution in [0.25, 0.3) is 0 Å². The number of carbonyl (C=O) groups is 2. The largest absolute Gasteiger partial charge is 0.459 e. The molecule has 0 spiro atoms. The van der Waals surface area contributed by atoms with Gasteiger partial charge in [-0.3, -0.25) is 0 Å². The fourth-order valence-corrected chi connectivity index (χ4v) is 7.24. The van der Waals surface area contributed by atoms with Crippen LogP contribution < -0.4 is 0 Å². The van der Waals surface area contributed by atoms with Crippen LogP contribution >= 0.6 is 0 Å². The molecule has 0 unspecified atom stereocenters. The topological polar surface area (TPSA) is 137 Å². The Labute approximate surface area is 349 Å². The van der Waals surface area contributed by atoms with Gasteiger partial charge in [-0.25, -0.2) is 9.59 Å². The van der Waals surface area contributed by atoms with Gasteiger partial charge in [0.25, 0.3) is 0 Å². The van der Waals surface area contributed by atoms with E-state index in [-0.39, 0.29) is 32.0 Å². The summed E-state index contributed by atoms with van der Waals surface area (Å²) in [4.78, 5) is 26.9. The Bertz CT molecular complexity index is 2040. The first-order chi connectivity index (χ1) is 29.4.